The van der Waals surface area contributed by atoms with E-state index in [1.165, 1.54) is 12.8 Å². The van der Waals surface area contributed by atoms with E-state index in [4.69, 9.17) is 0 Å². The molecule has 66 valence electrons. The Hall–Kier alpha value is -1.01. The Kier molecular flexibility index (Phi) is 3.62. The third-order valence-electron chi connectivity index (χ3n) is 2.11. The highest BCUT2D eigenvalue weighted by atomic mass is 16.2. The predicted molar refractivity (Wildman–Crippen MR) is 48.5 cm³/mol. The van der Waals surface area contributed by atoms with Gasteiger partial charge in [0.25, 0.3) is 0 Å². The van der Waals surface area contributed by atoms with Crippen molar-refractivity contribution < 1.29 is 4.79 Å². The van der Waals surface area contributed by atoms with Crippen LogP contribution in [0.1, 0.15) is 32.1 Å². The van der Waals surface area contributed by atoms with Crippen LogP contribution in [0.15, 0.2) is 18.5 Å². The monoisotopic (exact) mass is 165 g/mol. The Morgan fingerprint density at radius 2 is 2.08 bits per heavy atom. The van der Waals surface area contributed by atoms with Crippen LogP contribution in [-0.4, -0.2) is 17.4 Å². The molecule has 2 heteroatoms. The fourth-order valence-electron chi connectivity index (χ4n) is 1.43. The summed E-state index contributed by atoms with van der Waals surface area (Å²) in [5.41, 5.74) is 2.65. The van der Waals surface area contributed by atoms with Crippen molar-refractivity contribution in [3.05, 3.63) is 18.5 Å². The SMILES string of the molecule is C=C=CN1CCCCCCC1=O. The second-order valence-corrected chi connectivity index (χ2v) is 3.08. The molecule has 1 fully saturated rings. The summed E-state index contributed by atoms with van der Waals surface area (Å²) in [4.78, 5) is 13.1. The Morgan fingerprint density at radius 1 is 1.33 bits per heavy atom. The molecule has 0 aliphatic carbocycles. The van der Waals surface area contributed by atoms with Gasteiger partial charge in [-0.1, -0.05) is 19.4 Å². The minimum Gasteiger partial charge on any atom is -0.312 e. The van der Waals surface area contributed by atoms with E-state index in [-0.39, 0.29) is 5.91 Å². The zero-order valence-corrected chi connectivity index (χ0v) is 7.38. The number of likely N-dealkylation sites (tertiary alicyclic amines) is 1. The van der Waals surface area contributed by atoms with E-state index in [1.54, 1.807) is 11.1 Å². The smallest absolute Gasteiger partial charge is 0.226 e. The second kappa shape index (κ2) is 4.78. The van der Waals surface area contributed by atoms with E-state index < -0.39 is 0 Å². The predicted octanol–water partition coefficient (Wildman–Crippen LogP) is 2.08. The third-order valence-corrected chi connectivity index (χ3v) is 2.11. The summed E-state index contributed by atoms with van der Waals surface area (Å²) in [6.45, 7) is 4.30. The van der Waals surface area contributed by atoms with Gasteiger partial charge in [0.05, 0.1) is 0 Å². The Bertz CT molecular complexity index is 204. The van der Waals surface area contributed by atoms with E-state index in [0.717, 1.165) is 19.4 Å². The highest BCUT2D eigenvalue weighted by Gasteiger charge is 2.12. The summed E-state index contributed by atoms with van der Waals surface area (Å²) in [7, 11) is 0. The molecule has 1 heterocycles. The molecule has 0 saturated carbocycles. The normalized spacial score (nSPS) is 19.3. The van der Waals surface area contributed by atoms with Crippen molar-refractivity contribution in [1.82, 2.24) is 4.90 Å². The molecular formula is C10H15NO. The maximum Gasteiger partial charge on any atom is 0.226 e. The second-order valence-electron chi connectivity index (χ2n) is 3.08. The first-order valence-corrected chi connectivity index (χ1v) is 4.50. The maximum atomic E-state index is 11.4. The van der Waals surface area contributed by atoms with Gasteiger partial charge in [-0.3, -0.25) is 4.79 Å². The van der Waals surface area contributed by atoms with Crippen LogP contribution in [0.25, 0.3) is 0 Å². The standard InChI is InChI=1S/C10H15NO/c1-2-8-11-9-6-4-3-5-7-10(11)12/h8H,1,3-7,9H2. The lowest BCUT2D eigenvalue weighted by Gasteiger charge is -2.19. The number of hydrogen-bond acceptors (Lipinski definition) is 1. The van der Waals surface area contributed by atoms with Crippen LogP contribution in [0.4, 0.5) is 0 Å². The van der Waals surface area contributed by atoms with Crippen LogP contribution in [0.5, 0.6) is 0 Å². The van der Waals surface area contributed by atoms with Crippen molar-refractivity contribution in [3.8, 4) is 0 Å². The number of amides is 1. The molecule has 0 N–H and O–H groups in total. The highest BCUT2D eigenvalue weighted by molar-refractivity contribution is 5.77. The average molecular weight is 165 g/mol. The molecule has 12 heavy (non-hydrogen) atoms. The molecule has 0 radical (unpaired) electrons. The van der Waals surface area contributed by atoms with Gasteiger partial charge in [-0.25, -0.2) is 0 Å². The topological polar surface area (TPSA) is 20.3 Å². The molecule has 0 aromatic heterocycles. The lowest BCUT2D eigenvalue weighted by atomic mass is 10.1. The molecule has 0 aromatic carbocycles. The van der Waals surface area contributed by atoms with Gasteiger partial charge in [0.1, 0.15) is 0 Å². The summed E-state index contributed by atoms with van der Waals surface area (Å²) in [6.07, 6.45) is 6.89. The van der Waals surface area contributed by atoms with Gasteiger partial charge in [-0.15, -0.1) is 5.73 Å². The first-order valence-electron chi connectivity index (χ1n) is 4.50. The van der Waals surface area contributed by atoms with Crippen molar-refractivity contribution in [2.45, 2.75) is 32.1 Å². The number of rotatable bonds is 1. The Morgan fingerprint density at radius 3 is 2.83 bits per heavy atom. The quantitative estimate of drug-likeness (QED) is 0.545. The molecule has 1 aliphatic heterocycles. The largest absolute Gasteiger partial charge is 0.312 e. The summed E-state index contributed by atoms with van der Waals surface area (Å²) in [5, 5.41) is 0. The Labute approximate surface area is 73.6 Å². The van der Waals surface area contributed by atoms with E-state index >= 15 is 0 Å². The van der Waals surface area contributed by atoms with Gasteiger partial charge in [0, 0.05) is 19.2 Å². The number of nitrogens with zero attached hydrogens (tertiary/aromatic N) is 1. The van der Waals surface area contributed by atoms with Gasteiger partial charge in [0.2, 0.25) is 5.91 Å². The van der Waals surface area contributed by atoms with Crippen LogP contribution in [-0.2, 0) is 4.79 Å². The summed E-state index contributed by atoms with van der Waals surface area (Å²) >= 11 is 0. The van der Waals surface area contributed by atoms with Crippen LogP contribution < -0.4 is 0 Å². The van der Waals surface area contributed by atoms with Crippen LogP contribution in [0.3, 0.4) is 0 Å². The molecular weight excluding hydrogens is 150 g/mol. The van der Waals surface area contributed by atoms with E-state index in [0.29, 0.717) is 6.42 Å². The first-order chi connectivity index (χ1) is 5.84. The van der Waals surface area contributed by atoms with E-state index in [1.807, 2.05) is 0 Å². The van der Waals surface area contributed by atoms with E-state index in [2.05, 4.69) is 12.3 Å². The lowest BCUT2D eigenvalue weighted by molar-refractivity contribution is -0.129. The maximum absolute atomic E-state index is 11.4. The third kappa shape index (κ3) is 2.55. The average Bonchev–Trinajstić information content (AvgIpc) is 2.05. The number of carbonyl (C=O) groups excluding carboxylic acids is 1. The minimum absolute atomic E-state index is 0.214. The number of carbonyl (C=O) groups is 1. The molecule has 1 aliphatic rings. The molecule has 0 bridgehead atoms. The summed E-state index contributed by atoms with van der Waals surface area (Å²) < 4.78 is 0. The summed E-state index contributed by atoms with van der Waals surface area (Å²) in [5.74, 6) is 0.214. The Balaban J connectivity index is 2.54. The number of hydrogen-bond donors (Lipinski definition) is 0. The molecule has 1 amide bonds. The van der Waals surface area contributed by atoms with E-state index in [9.17, 15) is 4.79 Å². The fraction of sp³-hybridized carbons (Fsp3) is 0.600. The molecule has 0 atom stereocenters. The molecule has 0 unspecified atom stereocenters. The van der Waals surface area contributed by atoms with Crippen molar-refractivity contribution in [3.63, 3.8) is 0 Å². The van der Waals surface area contributed by atoms with Gasteiger partial charge in [-0.2, -0.15) is 0 Å². The lowest BCUT2D eigenvalue weighted by Crippen LogP contribution is -2.27. The summed E-state index contributed by atoms with van der Waals surface area (Å²) in [6, 6.07) is 0. The van der Waals surface area contributed by atoms with Crippen LogP contribution in [0.2, 0.25) is 0 Å². The van der Waals surface area contributed by atoms with Gasteiger partial charge in [-0.05, 0) is 12.8 Å². The van der Waals surface area contributed by atoms with Gasteiger partial charge in [0.15, 0.2) is 0 Å². The molecule has 0 aromatic rings. The van der Waals surface area contributed by atoms with Crippen molar-refractivity contribution in [2.24, 2.45) is 0 Å². The van der Waals surface area contributed by atoms with Gasteiger partial charge < -0.3 is 4.90 Å². The molecule has 1 rings (SSSR count). The highest BCUT2D eigenvalue weighted by Crippen LogP contribution is 2.11. The fourth-order valence-corrected chi connectivity index (χ4v) is 1.43. The zero-order valence-electron chi connectivity index (χ0n) is 7.38. The van der Waals surface area contributed by atoms with Crippen molar-refractivity contribution in [2.75, 3.05) is 6.54 Å². The van der Waals surface area contributed by atoms with Crippen LogP contribution >= 0.6 is 0 Å². The van der Waals surface area contributed by atoms with Crippen LogP contribution in [0, 0.1) is 0 Å². The zero-order chi connectivity index (χ0) is 8.81. The van der Waals surface area contributed by atoms with Crippen molar-refractivity contribution in [1.29, 1.82) is 0 Å². The van der Waals surface area contributed by atoms with Crippen molar-refractivity contribution >= 4 is 5.91 Å². The molecule has 1 saturated heterocycles. The molecule has 2 nitrogen and oxygen atoms in total. The molecule has 0 spiro atoms. The first kappa shape index (κ1) is 9.08. The minimum atomic E-state index is 0.214. The van der Waals surface area contributed by atoms with Gasteiger partial charge >= 0.3 is 0 Å².